The Labute approximate surface area is 158 Å². The van der Waals surface area contributed by atoms with Gasteiger partial charge in [-0.2, -0.15) is 5.10 Å². The normalized spacial score (nSPS) is 12.3. The number of nitrogens with zero attached hydrogens (tertiary/aromatic N) is 2. The summed E-state index contributed by atoms with van der Waals surface area (Å²) in [6, 6.07) is 1.57. The number of hydrogen-bond acceptors (Lipinski definition) is 7. The molecule has 1 amide bonds. The molecule has 27 heavy (non-hydrogen) atoms. The van der Waals surface area contributed by atoms with Crippen LogP contribution in [0.3, 0.4) is 0 Å². The van der Waals surface area contributed by atoms with Gasteiger partial charge in [0.2, 0.25) is 0 Å². The number of anilines is 1. The quantitative estimate of drug-likeness (QED) is 0.677. The number of pyridine rings is 1. The maximum atomic E-state index is 11.8. The molecular weight excluding hydrogens is 350 g/mol. The number of hydrogen-bond donors (Lipinski definition) is 3. The van der Waals surface area contributed by atoms with Crippen molar-refractivity contribution in [2.45, 2.75) is 45.8 Å². The van der Waals surface area contributed by atoms with Gasteiger partial charge in [-0.1, -0.05) is 0 Å². The minimum atomic E-state index is -0.534. The van der Waals surface area contributed by atoms with Crippen molar-refractivity contribution in [1.29, 1.82) is 0 Å². The molecule has 0 bridgehead atoms. The Kier molecular flexibility index (Phi) is 6.49. The molecule has 2 rings (SSSR count). The van der Waals surface area contributed by atoms with Gasteiger partial charge in [-0.05, 0) is 27.7 Å². The van der Waals surface area contributed by atoms with E-state index in [1.54, 1.807) is 25.6 Å². The zero-order chi connectivity index (χ0) is 20.0. The van der Waals surface area contributed by atoms with E-state index in [9.17, 15) is 4.79 Å². The van der Waals surface area contributed by atoms with E-state index in [1.165, 1.54) is 0 Å². The standard InChI is InChI=1S/C18H27N5O4/c1-11(21-17(24)27-18(2,3)4)6-7-26-14-10-20-9-13(25-5)16(14)12-8-15(19)23-22-12/h8-11H,6-7H2,1-5H3,(H,21,24)(H3,19,22,23)/t11-/m0/s1. The maximum absolute atomic E-state index is 11.8. The SMILES string of the molecule is COc1cncc(OCC[C@H](C)NC(=O)OC(C)(C)C)c1-c1cc(N)n[nH]1. The number of carbonyl (C=O) groups excluding carboxylic acids is 1. The maximum Gasteiger partial charge on any atom is 0.407 e. The van der Waals surface area contributed by atoms with Crippen LogP contribution < -0.4 is 20.5 Å². The molecule has 9 heteroatoms. The average molecular weight is 377 g/mol. The summed E-state index contributed by atoms with van der Waals surface area (Å²) >= 11 is 0. The van der Waals surface area contributed by atoms with Gasteiger partial charge in [0, 0.05) is 18.5 Å². The van der Waals surface area contributed by atoms with Crippen LogP contribution in [0.2, 0.25) is 0 Å². The number of carbonyl (C=O) groups is 1. The second kappa shape index (κ2) is 8.61. The van der Waals surface area contributed by atoms with Crippen molar-refractivity contribution in [2.75, 3.05) is 19.5 Å². The molecule has 2 aromatic heterocycles. The third kappa shape index (κ3) is 6.05. The molecule has 0 aliphatic heterocycles. The molecule has 0 fully saturated rings. The summed E-state index contributed by atoms with van der Waals surface area (Å²) < 4.78 is 16.5. The van der Waals surface area contributed by atoms with Crippen LogP contribution in [0.5, 0.6) is 11.5 Å². The molecule has 0 aliphatic rings. The second-order valence-electron chi connectivity index (χ2n) is 7.11. The summed E-state index contributed by atoms with van der Waals surface area (Å²) in [6.07, 6.45) is 3.32. The van der Waals surface area contributed by atoms with Crippen molar-refractivity contribution >= 4 is 11.9 Å². The van der Waals surface area contributed by atoms with Crippen LogP contribution in [0.25, 0.3) is 11.3 Å². The fraction of sp³-hybridized carbons (Fsp3) is 0.500. The molecule has 0 radical (unpaired) electrons. The molecule has 0 saturated heterocycles. The minimum absolute atomic E-state index is 0.121. The van der Waals surface area contributed by atoms with Gasteiger partial charge in [-0.25, -0.2) is 4.79 Å². The first kappa shape index (κ1) is 20.3. The molecule has 0 saturated carbocycles. The summed E-state index contributed by atoms with van der Waals surface area (Å²) in [5.41, 5.74) is 6.51. The monoisotopic (exact) mass is 377 g/mol. The van der Waals surface area contributed by atoms with Crippen LogP contribution in [0.1, 0.15) is 34.1 Å². The predicted octanol–water partition coefficient (Wildman–Crippen LogP) is 2.74. The fourth-order valence-corrected chi connectivity index (χ4v) is 2.34. The summed E-state index contributed by atoms with van der Waals surface area (Å²) in [5, 5.41) is 9.57. The lowest BCUT2D eigenvalue weighted by atomic mass is 10.1. The number of alkyl carbamates (subject to hydrolysis) is 1. The van der Waals surface area contributed by atoms with Gasteiger partial charge in [-0.3, -0.25) is 10.1 Å². The number of nitrogen functional groups attached to an aromatic ring is 1. The Hall–Kier alpha value is -2.97. The number of ether oxygens (including phenoxy) is 3. The van der Waals surface area contributed by atoms with Gasteiger partial charge in [0.15, 0.2) is 5.75 Å². The molecule has 1 atom stereocenters. The van der Waals surface area contributed by atoms with E-state index in [0.29, 0.717) is 41.6 Å². The van der Waals surface area contributed by atoms with E-state index in [0.717, 1.165) is 0 Å². The largest absolute Gasteiger partial charge is 0.494 e. The van der Waals surface area contributed by atoms with Crippen molar-refractivity contribution in [3.05, 3.63) is 18.5 Å². The molecular formula is C18H27N5O4. The molecule has 0 unspecified atom stereocenters. The molecule has 0 spiro atoms. The number of methoxy groups -OCH3 is 1. The summed E-state index contributed by atoms with van der Waals surface area (Å²) in [6.45, 7) is 7.70. The third-order valence-corrected chi connectivity index (χ3v) is 3.53. The zero-order valence-electron chi connectivity index (χ0n) is 16.3. The van der Waals surface area contributed by atoms with Crippen LogP contribution in [0.4, 0.5) is 10.6 Å². The number of H-pyrrole nitrogens is 1. The fourth-order valence-electron chi connectivity index (χ4n) is 2.34. The Morgan fingerprint density at radius 3 is 2.63 bits per heavy atom. The minimum Gasteiger partial charge on any atom is -0.494 e. The number of aromatic amines is 1. The van der Waals surface area contributed by atoms with E-state index < -0.39 is 11.7 Å². The molecule has 0 aliphatic carbocycles. The third-order valence-electron chi connectivity index (χ3n) is 3.53. The van der Waals surface area contributed by atoms with Gasteiger partial charge < -0.3 is 25.3 Å². The molecule has 9 nitrogen and oxygen atoms in total. The summed E-state index contributed by atoms with van der Waals surface area (Å²) in [4.78, 5) is 15.9. The van der Waals surface area contributed by atoms with Crippen LogP contribution >= 0.6 is 0 Å². The van der Waals surface area contributed by atoms with Gasteiger partial charge in [-0.15, -0.1) is 0 Å². The number of rotatable bonds is 7. The van der Waals surface area contributed by atoms with E-state index in [2.05, 4.69) is 20.5 Å². The second-order valence-corrected chi connectivity index (χ2v) is 7.11. The van der Waals surface area contributed by atoms with Gasteiger partial charge in [0.25, 0.3) is 0 Å². The number of nitrogens with two attached hydrogens (primary N) is 1. The molecule has 2 aromatic rings. The highest BCUT2D eigenvalue weighted by Crippen LogP contribution is 2.36. The van der Waals surface area contributed by atoms with Crippen LogP contribution in [-0.4, -0.2) is 46.6 Å². The summed E-state index contributed by atoms with van der Waals surface area (Å²) in [5.74, 6) is 1.43. The first-order valence-electron chi connectivity index (χ1n) is 8.65. The van der Waals surface area contributed by atoms with Crippen LogP contribution in [0, 0.1) is 0 Å². The summed E-state index contributed by atoms with van der Waals surface area (Å²) in [7, 11) is 1.55. The van der Waals surface area contributed by atoms with Gasteiger partial charge in [0.05, 0.1) is 37.4 Å². The van der Waals surface area contributed by atoms with E-state index in [1.807, 2.05) is 27.7 Å². The lowest BCUT2D eigenvalue weighted by molar-refractivity contribution is 0.0503. The van der Waals surface area contributed by atoms with Crippen LogP contribution in [-0.2, 0) is 4.74 Å². The smallest absolute Gasteiger partial charge is 0.407 e. The van der Waals surface area contributed by atoms with Crippen molar-refractivity contribution in [2.24, 2.45) is 0 Å². The molecule has 148 valence electrons. The van der Waals surface area contributed by atoms with Crippen molar-refractivity contribution in [1.82, 2.24) is 20.5 Å². The Balaban J connectivity index is 1.99. The van der Waals surface area contributed by atoms with E-state index >= 15 is 0 Å². The average Bonchev–Trinajstić information content (AvgIpc) is 2.98. The highest BCUT2D eigenvalue weighted by molar-refractivity contribution is 5.74. The van der Waals surface area contributed by atoms with Crippen molar-refractivity contribution in [3.8, 4) is 22.8 Å². The highest BCUT2D eigenvalue weighted by Gasteiger charge is 2.19. The lowest BCUT2D eigenvalue weighted by Gasteiger charge is -2.22. The Morgan fingerprint density at radius 1 is 1.33 bits per heavy atom. The lowest BCUT2D eigenvalue weighted by Crippen LogP contribution is -2.38. The highest BCUT2D eigenvalue weighted by atomic mass is 16.6. The number of aromatic nitrogens is 3. The van der Waals surface area contributed by atoms with Gasteiger partial charge >= 0.3 is 6.09 Å². The van der Waals surface area contributed by atoms with Gasteiger partial charge in [0.1, 0.15) is 17.2 Å². The Bertz CT molecular complexity index is 769. The van der Waals surface area contributed by atoms with Crippen molar-refractivity contribution < 1.29 is 19.0 Å². The van der Waals surface area contributed by atoms with E-state index in [-0.39, 0.29) is 6.04 Å². The first-order valence-corrected chi connectivity index (χ1v) is 8.65. The van der Waals surface area contributed by atoms with Crippen molar-refractivity contribution in [3.63, 3.8) is 0 Å². The van der Waals surface area contributed by atoms with E-state index in [4.69, 9.17) is 19.9 Å². The predicted molar refractivity (Wildman–Crippen MR) is 102 cm³/mol. The van der Waals surface area contributed by atoms with Crippen LogP contribution in [0.15, 0.2) is 18.5 Å². The number of amides is 1. The zero-order valence-corrected chi connectivity index (χ0v) is 16.3. The molecule has 4 N–H and O–H groups in total. The topological polar surface area (TPSA) is 124 Å². The molecule has 2 heterocycles. The Morgan fingerprint density at radius 2 is 2.04 bits per heavy atom. The first-order chi connectivity index (χ1) is 12.7. The number of nitrogens with one attached hydrogen (secondary N) is 2. The molecule has 0 aromatic carbocycles.